The molecule has 28 heavy (non-hydrogen) atoms. The number of aromatic nitrogens is 3. The summed E-state index contributed by atoms with van der Waals surface area (Å²) in [7, 11) is -3.54. The zero-order chi connectivity index (χ0) is 19.9. The van der Waals surface area contributed by atoms with Crippen LogP contribution in [0, 0.1) is 0 Å². The Kier molecular flexibility index (Phi) is 4.50. The van der Waals surface area contributed by atoms with Gasteiger partial charge in [-0.15, -0.1) is 0 Å². The number of carbonyl (C=O) groups excluding carboxylic acids is 1. The van der Waals surface area contributed by atoms with E-state index in [0.717, 1.165) is 30.4 Å². The minimum absolute atomic E-state index is 0.0604. The first kappa shape index (κ1) is 18.4. The number of fused-ring (bicyclic) bond motifs is 1. The second-order valence-electron chi connectivity index (χ2n) is 6.91. The fourth-order valence-corrected chi connectivity index (χ4v) is 3.73. The Balaban J connectivity index is 1.78. The van der Waals surface area contributed by atoms with Gasteiger partial charge in [0.05, 0.1) is 17.6 Å². The number of nitrogens with zero attached hydrogens (tertiary/aromatic N) is 3. The lowest BCUT2D eigenvalue weighted by atomic mass is 10.1. The van der Waals surface area contributed by atoms with Crippen molar-refractivity contribution >= 4 is 27.5 Å². The normalized spacial score (nSPS) is 14.6. The van der Waals surface area contributed by atoms with Crippen LogP contribution in [0.5, 0.6) is 0 Å². The Morgan fingerprint density at radius 1 is 1.25 bits per heavy atom. The predicted molar refractivity (Wildman–Crippen MR) is 107 cm³/mol. The third-order valence-electron chi connectivity index (χ3n) is 4.52. The molecule has 0 bridgehead atoms. The number of rotatable bonds is 5. The average molecular weight is 396 g/mol. The molecule has 2 aromatic heterocycles. The molecule has 4 rings (SSSR count). The van der Waals surface area contributed by atoms with Crippen LogP contribution in [0.25, 0.3) is 23.0 Å². The van der Waals surface area contributed by atoms with Gasteiger partial charge in [-0.3, -0.25) is 9.20 Å². The second kappa shape index (κ2) is 6.87. The fraction of sp³-hybridized carbons (Fsp3) is 0.250. The van der Waals surface area contributed by atoms with Crippen molar-refractivity contribution in [2.75, 3.05) is 6.26 Å². The predicted octanol–water partition coefficient (Wildman–Crippen LogP) is 2.73. The van der Waals surface area contributed by atoms with Crippen molar-refractivity contribution in [3.63, 3.8) is 0 Å². The number of amides is 1. The SMILES string of the molecule is C/C=C/c1cn2c(-c3ccc(C(=O)NC4CC4)cc3)cnc2c(S(C)(=O)=O)n1. The monoisotopic (exact) mass is 396 g/mol. The number of imidazole rings is 1. The standard InChI is InChI=1S/C20H20N4O3S/c1-3-4-16-12-24-17(11-21-18(24)20(23-16)28(2,26)27)13-5-7-14(8-6-13)19(25)22-15-9-10-15/h3-8,11-12,15H,9-10H2,1-2H3,(H,22,25)/b4-3+. The van der Waals surface area contributed by atoms with Crippen LogP contribution in [0.1, 0.15) is 35.8 Å². The molecule has 0 atom stereocenters. The Morgan fingerprint density at radius 2 is 1.96 bits per heavy atom. The van der Waals surface area contributed by atoms with Gasteiger partial charge < -0.3 is 5.32 Å². The minimum Gasteiger partial charge on any atom is -0.349 e. The quantitative estimate of drug-likeness (QED) is 0.716. The van der Waals surface area contributed by atoms with Gasteiger partial charge in [0.15, 0.2) is 20.5 Å². The molecule has 0 spiro atoms. The molecule has 1 amide bonds. The molecule has 0 saturated heterocycles. The van der Waals surface area contributed by atoms with Crippen molar-refractivity contribution in [2.45, 2.75) is 30.8 Å². The summed E-state index contributed by atoms with van der Waals surface area (Å²) < 4.78 is 26.1. The molecule has 0 radical (unpaired) electrons. The topological polar surface area (TPSA) is 93.4 Å². The Hall–Kier alpha value is -3.00. The van der Waals surface area contributed by atoms with Crippen LogP contribution in [-0.2, 0) is 9.84 Å². The van der Waals surface area contributed by atoms with E-state index in [1.807, 2.05) is 19.1 Å². The number of hydrogen-bond acceptors (Lipinski definition) is 5. The van der Waals surface area contributed by atoms with E-state index < -0.39 is 9.84 Å². The second-order valence-corrected chi connectivity index (χ2v) is 8.84. The molecular weight excluding hydrogens is 376 g/mol. The van der Waals surface area contributed by atoms with Crippen LogP contribution in [0.4, 0.5) is 0 Å². The Labute approximate surface area is 163 Å². The summed E-state index contributed by atoms with van der Waals surface area (Å²) in [5.41, 5.74) is 2.95. The number of hydrogen-bond donors (Lipinski definition) is 1. The maximum absolute atomic E-state index is 12.2. The van der Waals surface area contributed by atoms with E-state index in [4.69, 9.17) is 0 Å². The molecule has 1 aliphatic rings. The van der Waals surface area contributed by atoms with Crippen molar-refractivity contribution < 1.29 is 13.2 Å². The van der Waals surface area contributed by atoms with Gasteiger partial charge in [0.25, 0.3) is 5.91 Å². The van der Waals surface area contributed by atoms with E-state index in [1.165, 1.54) is 0 Å². The van der Waals surface area contributed by atoms with Gasteiger partial charge in [-0.1, -0.05) is 18.2 Å². The number of nitrogens with one attached hydrogen (secondary N) is 1. The molecule has 3 aromatic rings. The summed E-state index contributed by atoms with van der Waals surface area (Å²) in [5, 5.41) is 2.90. The van der Waals surface area contributed by atoms with Crippen LogP contribution in [0.2, 0.25) is 0 Å². The van der Waals surface area contributed by atoms with E-state index in [0.29, 0.717) is 17.3 Å². The van der Waals surface area contributed by atoms with Crippen LogP contribution in [-0.4, -0.2) is 41.0 Å². The van der Waals surface area contributed by atoms with Gasteiger partial charge in [0.1, 0.15) is 0 Å². The maximum atomic E-state index is 12.2. The molecule has 7 nitrogen and oxygen atoms in total. The highest BCUT2D eigenvalue weighted by Gasteiger charge is 2.24. The molecule has 1 aliphatic carbocycles. The molecule has 2 heterocycles. The average Bonchev–Trinajstić information content (AvgIpc) is 3.37. The number of allylic oxidation sites excluding steroid dienone is 1. The zero-order valence-electron chi connectivity index (χ0n) is 15.6. The smallest absolute Gasteiger partial charge is 0.251 e. The maximum Gasteiger partial charge on any atom is 0.251 e. The lowest BCUT2D eigenvalue weighted by Gasteiger charge is -2.08. The number of carbonyl (C=O) groups is 1. The number of benzene rings is 1. The summed E-state index contributed by atoms with van der Waals surface area (Å²) in [6.45, 7) is 1.84. The minimum atomic E-state index is -3.54. The Bertz CT molecular complexity index is 1190. The van der Waals surface area contributed by atoms with Gasteiger partial charge in [-0.25, -0.2) is 18.4 Å². The molecule has 0 unspecified atom stereocenters. The van der Waals surface area contributed by atoms with Gasteiger partial charge in [-0.05, 0) is 38.0 Å². The van der Waals surface area contributed by atoms with Crippen molar-refractivity contribution in [3.8, 4) is 11.3 Å². The molecule has 1 N–H and O–H groups in total. The van der Waals surface area contributed by atoms with Crippen LogP contribution < -0.4 is 5.32 Å². The molecular formula is C20H20N4O3S. The highest BCUT2D eigenvalue weighted by molar-refractivity contribution is 7.90. The van der Waals surface area contributed by atoms with Gasteiger partial charge in [-0.2, -0.15) is 0 Å². The van der Waals surface area contributed by atoms with E-state index in [2.05, 4.69) is 15.3 Å². The number of sulfone groups is 1. The van der Waals surface area contributed by atoms with Crippen LogP contribution >= 0.6 is 0 Å². The Morgan fingerprint density at radius 3 is 2.57 bits per heavy atom. The van der Waals surface area contributed by atoms with Crippen molar-refractivity contribution in [3.05, 3.63) is 54.0 Å². The van der Waals surface area contributed by atoms with Crippen molar-refractivity contribution in [1.29, 1.82) is 0 Å². The fourth-order valence-electron chi connectivity index (χ4n) is 2.98. The summed E-state index contributed by atoms with van der Waals surface area (Å²) in [6.07, 6.45) is 10.1. The summed E-state index contributed by atoms with van der Waals surface area (Å²) in [5.74, 6) is -0.0777. The highest BCUT2D eigenvalue weighted by atomic mass is 32.2. The third-order valence-corrected chi connectivity index (χ3v) is 5.50. The highest BCUT2D eigenvalue weighted by Crippen LogP contribution is 2.25. The van der Waals surface area contributed by atoms with E-state index >= 15 is 0 Å². The van der Waals surface area contributed by atoms with Crippen LogP contribution in [0.3, 0.4) is 0 Å². The summed E-state index contributed by atoms with van der Waals surface area (Å²) in [4.78, 5) is 20.7. The molecule has 8 heteroatoms. The van der Waals surface area contributed by atoms with E-state index in [1.54, 1.807) is 41.1 Å². The van der Waals surface area contributed by atoms with Gasteiger partial charge in [0.2, 0.25) is 0 Å². The van der Waals surface area contributed by atoms with E-state index in [-0.39, 0.29) is 16.6 Å². The van der Waals surface area contributed by atoms with Crippen molar-refractivity contribution in [2.24, 2.45) is 0 Å². The lowest BCUT2D eigenvalue weighted by Crippen LogP contribution is -2.25. The molecule has 1 saturated carbocycles. The summed E-state index contributed by atoms with van der Waals surface area (Å²) in [6, 6.07) is 7.50. The largest absolute Gasteiger partial charge is 0.349 e. The van der Waals surface area contributed by atoms with E-state index in [9.17, 15) is 13.2 Å². The molecule has 1 aromatic carbocycles. The van der Waals surface area contributed by atoms with Gasteiger partial charge >= 0.3 is 0 Å². The van der Waals surface area contributed by atoms with Crippen molar-refractivity contribution in [1.82, 2.24) is 19.7 Å². The first-order valence-electron chi connectivity index (χ1n) is 8.99. The molecule has 0 aliphatic heterocycles. The zero-order valence-corrected chi connectivity index (χ0v) is 16.4. The summed E-state index contributed by atoms with van der Waals surface area (Å²) >= 11 is 0. The van der Waals surface area contributed by atoms with Crippen LogP contribution in [0.15, 0.2) is 47.8 Å². The lowest BCUT2D eigenvalue weighted by molar-refractivity contribution is 0.0951. The molecule has 144 valence electrons. The third kappa shape index (κ3) is 3.55. The van der Waals surface area contributed by atoms with Gasteiger partial charge in [0, 0.05) is 29.6 Å². The molecule has 1 fully saturated rings. The first-order valence-corrected chi connectivity index (χ1v) is 10.9. The first-order chi connectivity index (χ1) is 13.4.